The second kappa shape index (κ2) is 3.47. The van der Waals surface area contributed by atoms with Gasteiger partial charge in [-0.25, -0.2) is 0 Å². The summed E-state index contributed by atoms with van der Waals surface area (Å²) in [4.78, 5) is 19.6. The Balaban J connectivity index is 1.75. The summed E-state index contributed by atoms with van der Waals surface area (Å²) in [6.45, 7) is 0.878. The van der Waals surface area contributed by atoms with Crippen LogP contribution in [0.15, 0.2) is 17.2 Å². The van der Waals surface area contributed by atoms with Crippen molar-refractivity contribution in [2.45, 2.75) is 36.1 Å². The lowest BCUT2D eigenvalue weighted by atomic mass is 9.63. The highest BCUT2D eigenvalue weighted by atomic mass is 32.2. The maximum absolute atomic E-state index is 12.8. The first-order valence-corrected chi connectivity index (χ1v) is 9.40. The number of benzene rings is 1. The van der Waals surface area contributed by atoms with E-state index in [1.54, 1.807) is 11.8 Å². The van der Waals surface area contributed by atoms with Crippen LogP contribution in [0.1, 0.15) is 24.0 Å². The molecule has 5 heterocycles. The van der Waals surface area contributed by atoms with E-state index >= 15 is 0 Å². The van der Waals surface area contributed by atoms with E-state index in [1.807, 2.05) is 12.3 Å². The Morgan fingerprint density at radius 2 is 2.29 bits per heavy atom. The molecule has 7 rings (SSSR count). The molecule has 3 N–H and O–H groups in total. The number of nitrogens with one attached hydrogen (secondary N) is 2. The number of carbonyl (C=O) groups is 1. The van der Waals surface area contributed by atoms with Crippen molar-refractivity contribution < 1.29 is 9.90 Å². The number of phenols is 1. The highest BCUT2D eigenvalue weighted by molar-refractivity contribution is 8.04. The highest BCUT2D eigenvalue weighted by Gasteiger charge is 2.60. The van der Waals surface area contributed by atoms with Gasteiger partial charge in [0.25, 0.3) is 0 Å². The van der Waals surface area contributed by atoms with E-state index in [-0.39, 0.29) is 22.6 Å². The molecule has 1 fully saturated rings. The van der Waals surface area contributed by atoms with E-state index in [1.165, 1.54) is 21.7 Å². The van der Waals surface area contributed by atoms with Gasteiger partial charge in [-0.15, -0.1) is 11.8 Å². The predicted molar refractivity (Wildman–Crippen MR) is 93.8 cm³/mol. The maximum Gasteiger partial charge on any atom is 0.178 e. The van der Waals surface area contributed by atoms with Crippen LogP contribution in [-0.2, 0) is 16.6 Å². The number of rotatable bonds is 0. The zero-order chi connectivity index (χ0) is 15.8. The summed E-state index contributed by atoms with van der Waals surface area (Å²) in [5.41, 5.74) is 5.33. The lowest BCUT2D eigenvalue weighted by molar-refractivity contribution is -0.117. The fourth-order valence-corrected chi connectivity index (χ4v) is 7.26. The van der Waals surface area contributed by atoms with Crippen molar-refractivity contribution in [3.05, 3.63) is 28.3 Å². The second-order valence-electron chi connectivity index (χ2n) is 7.62. The Labute approximate surface area is 142 Å². The number of aromatic amines is 1. The van der Waals surface area contributed by atoms with Crippen LogP contribution in [0.25, 0.3) is 10.9 Å². The third kappa shape index (κ3) is 1.06. The summed E-state index contributed by atoms with van der Waals surface area (Å²) in [5.74, 6) is 0.598. The lowest BCUT2D eigenvalue weighted by Crippen LogP contribution is -2.55. The van der Waals surface area contributed by atoms with E-state index in [9.17, 15) is 9.90 Å². The minimum atomic E-state index is -0.0716. The molecule has 0 radical (unpaired) electrons. The van der Waals surface area contributed by atoms with Crippen LogP contribution in [0.2, 0.25) is 0 Å². The summed E-state index contributed by atoms with van der Waals surface area (Å²) < 4.78 is 0. The minimum Gasteiger partial charge on any atom is -0.504 e. The summed E-state index contributed by atoms with van der Waals surface area (Å²) in [6.07, 6.45) is 6.73. The molecule has 4 aliphatic heterocycles. The van der Waals surface area contributed by atoms with Gasteiger partial charge in [-0.2, -0.15) is 0 Å². The van der Waals surface area contributed by atoms with Crippen LogP contribution >= 0.6 is 11.8 Å². The topological polar surface area (TPSA) is 68.4 Å². The van der Waals surface area contributed by atoms with Gasteiger partial charge in [-0.1, -0.05) is 0 Å². The number of ketones is 1. The average Bonchev–Trinajstić information content (AvgIpc) is 3.11. The number of H-pyrrole nitrogens is 1. The van der Waals surface area contributed by atoms with Gasteiger partial charge >= 0.3 is 0 Å². The van der Waals surface area contributed by atoms with Crippen molar-refractivity contribution in [1.29, 1.82) is 0 Å². The first-order valence-electron chi connectivity index (χ1n) is 8.52. The SMILES string of the molecule is O=C1C=C2S[C@H]3C[C@@]24C[C@@H]1N1CCc2c[nH]c5c(O)c(c4c1c25)N3. The van der Waals surface area contributed by atoms with Crippen molar-refractivity contribution in [2.75, 3.05) is 16.8 Å². The Hall–Kier alpha value is -2.08. The molecule has 1 aliphatic carbocycles. The van der Waals surface area contributed by atoms with Crippen LogP contribution in [0.4, 0.5) is 11.4 Å². The number of carbonyl (C=O) groups excluding carboxylic acids is 1. The first-order chi connectivity index (χ1) is 11.7. The molecule has 6 heteroatoms. The van der Waals surface area contributed by atoms with Crippen LogP contribution in [0.3, 0.4) is 0 Å². The van der Waals surface area contributed by atoms with Gasteiger partial charge < -0.3 is 20.3 Å². The number of allylic oxidation sites excluding steroid dienone is 1. The number of thioether (sulfide) groups is 1. The molecule has 5 aliphatic rings. The third-order valence-corrected chi connectivity index (χ3v) is 7.98. The Morgan fingerprint density at radius 1 is 1.38 bits per heavy atom. The van der Waals surface area contributed by atoms with Gasteiger partial charge in [-0.05, 0) is 30.9 Å². The molecule has 0 amide bonds. The molecule has 120 valence electrons. The molecule has 24 heavy (non-hydrogen) atoms. The molecule has 1 aromatic heterocycles. The number of hydrogen-bond donors (Lipinski definition) is 3. The molecule has 1 saturated heterocycles. The Bertz CT molecular complexity index is 1040. The average molecular weight is 337 g/mol. The number of fused-ring (bicyclic) bond motifs is 3. The fraction of sp³-hybridized carbons (Fsp3) is 0.389. The molecule has 2 aromatic rings. The maximum atomic E-state index is 12.8. The molecule has 3 atom stereocenters. The first kappa shape index (κ1) is 12.3. The number of aromatic hydroxyl groups is 1. The summed E-state index contributed by atoms with van der Waals surface area (Å²) >= 11 is 1.78. The normalized spacial score (nSPS) is 33.9. The van der Waals surface area contributed by atoms with Crippen LogP contribution in [0, 0.1) is 0 Å². The number of aromatic nitrogens is 1. The van der Waals surface area contributed by atoms with E-state index in [2.05, 4.69) is 15.2 Å². The van der Waals surface area contributed by atoms with E-state index < -0.39 is 0 Å². The minimum absolute atomic E-state index is 0.0395. The Kier molecular flexibility index (Phi) is 1.78. The monoisotopic (exact) mass is 337 g/mol. The second-order valence-corrected chi connectivity index (χ2v) is 8.87. The van der Waals surface area contributed by atoms with Crippen molar-refractivity contribution in [3.63, 3.8) is 0 Å². The molecule has 1 aromatic carbocycles. The number of phenolic OH excluding ortho intramolecular Hbond substituents is 1. The number of nitrogens with zero attached hydrogens (tertiary/aromatic N) is 1. The van der Waals surface area contributed by atoms with Gasteiger partial charge in [-0.3, -0.25) is 4.79 Å². The molecular weight excluding hydrogens is 322 g/mol. The molecule has 1 spiro atoms. The zero-order valence-electron chi connectivity index (χ0n) is 12.8. The third-order valence-electron chi connectivity index (χ3n) is 6.65. The van der Waals surface area contributed by atoms with Gasteiger partial charge in [0.2, 0.25) is 0 Å². The van der Waals surface area contributed by atoms with Crippen molar-refractivity contribution in [3.8, 4) is 5.75 Å². The van der Waals surface area contributed by atoms with E-state index in [0.717, 1.165) is 42.4 Å². The lowest BCUT2D eigenvalue weighted by Gasteiger charge is -2.52. The molecule has 0 saturated carbocycles. The van der Waals surface area contributed by atoms with Crippen molar-refractivity contribution >= 4 is 39.8 Å². The van der Waals surface area contributed by atoms with Crippen LogP contribution in [0.5, 0.6) is 5.75 Å². The van der Waals surface area contributed by atoms with Crippen LogP contribution < -0.4 is 10.2 Å². The molecular formula is C18H15N3O2S. The van der Waals surface area contributed by atoms with Crippen molar-refractivity contribution in [2.24, 2.45) is 0 Å². The number of hydrogen-bond acceptors (Lipinski definition) is 5. The summed E-state index contributed by atoms with van der Waals surface area (Å²) in [7, 11) is 0. The molecule has 0 unspecified atom stereocenters. The number of anilines is 2. The molecule has 3 bridgehead atoms. The van der Waals surface area contributed by atoms with Crippen LogP contribution in [-0.4, -0.2) is 33.8 Å². The Morgan fingerprint density at radius 3 is 3.21 bits per heavy atom. The fourth-order valence-electron chi connectivity index (χ4n) is 5.73. The predicted octanol–water partition coefficient (Wildman–Crippen LogP) is 2.60. The van der Waals surface area contributed by atoms with E-state index in [0.29, 0.717) is 5.75 Å². The largest absolute Gasteiger partial charge is 0.504 e. The zero-order valence-corrected chi connectivity index (χ0v) is 13.7. The van der Waals surface area contributed by atoms with E-state index in [4.69, 9.17) is 0 Å². The van der Waals surface area contributed by atoms with Gasteiger partial charge in [0.15, 0.2) is 11.5 Å². The summed E-state index contributed by atoms with van der Waals surface area (Å²) in [6, 6.07) is -0.0395. The van der Waals surface area contributed by atoms with Gasteiger partial charge in [0.1, 0.15) is 0 Å². The summed E-state index contributed by atoms with van der Waals surface area (Å²) in [5, 5.41) is 15.9. The quantitative estimate of drug-likeness (QED) is 0.645. The highest BCUT2D eigenvalue weighted by Crippen LogP contribution is 2.68. The standard InChI is InChI=1S/C18H15N3O2S/c22-9-3-10-18-4-8(9)21-2-1-7-6-19-14-12(7)16(21)13(18)15(17(14)23)20-11(5-18)24-10/h3,6,8,11,19-20,23H,1-2,4-5H2/t8-,11-,18-/m0/s1. The smallest absolute Gasteiger partial charge is 0.178 e. The van der Waals surface area contributed by atoms with Crippen molar-refractivity contribution in [1.82, 2.24) is 4.98 Å². The molecule has 5 nitrogen and oxygen atoms in total. The van der Waals surface area contributed by atoms with Gasteiger partial charge in [0.05, 0.1) is 28.3 Å². The van der Waals surface area contributed by atoms with Gasteiger partial charge in [0, 0.05) is 34.0 Å².